The normalized spacial score (nSPS) is 23.0. The Morgan fingerprint density at radius 1 is 0.944 bits per heavy atom. The maximum atomic E-state index is 12.9. The monoisotopic (exact) mass is 508 g/mol. The fourth-order valence-electron chi connectivity index (χ4n) is 5.71. The van der Waals surface area contributed by atoms with Gasteiger partial charge in [-0.3, -0.25) is 4.79 Å². The molecule has 0 saturated carbocycles. The predicted molar refractivity (Wildman–Crippen MR) is 145 cm³/mol. The van der Waals surface area contributed by atoms with Crippen molar-refractivity contribution in [2.75, 3.05) is 13.1 Å². The van der Waals surface area contributed by atoms with Crippen LogP contribution in [0.2, 0.25) is 5.04 Å². The summed E-state index contributed by atoms with van der Waals surface area (Å²) in [6.07, 6.45) is 0.534. The second kappa shape index (κ2) is 10.0. The van der Waals surface area contributed by atoms with E-state index in [0.29, 0.717) is 19.5 Å². The highest BCUT2D eigenvalue weighted by molar-refractivity contribution is 6.99. The zero-order chi connectivity index (χ0) is 26.1. The van der Waals surface area contributed by atoms with E-state index in [1.54, 1.807) is 4.90 Å². The summed E-state index contributed by atoms with van der Waals surface area (Å²) in [5.41, 5.74) is -0.557. The average molecular weight is 509 g/mol. The number of carbonyl (C=O) groups excluding carboxylic acids is 2. The van der Waals surface area contributed by atoms with Crippen molar-refractivity contribution in [3.8, 4) is 0 Å². The van der Waals surface area contributed by atoms with Crippen LogP contribution in [0.15, 0.2) is 60.7 Å². The molecule has 4 rings (SSSR count). The van der Waals surface area contributed by atoms with Crippen molar-refractivity contribution >= 4 is 30.7 Å². The number of hydrogen-bond acceptors (Lipinski definition) is 4. The molecule has 0 aromatic heterocycles. The van der Waals surface area contributed by atoms with Crippen LogP contribution in [0.5, 0.6) is 0 Å². The van der Waals surface area contributed by atoms with E-state index in [-0.39, 0.29) is 35.1 Å². The van der Waals surface area contributed by atoms with Crippen LogP contribution >= 0.6 is 0 Å². The summed E-state index contributed by atoms with van der Waals surface area (Å²) < 4.78 is 13.0. The number of benzene rings is 2. The first-order chi connectivity index (χ1) is 16.9. The molecule has 6 nitrogen and oxygen atoms in total. The lowest BCUT2D eigenvalue weighted by molar-refractivity contribution is -0.130. The number of rotatable bonds is 4. The van der Waals surface area contributed by atoms with Crippen LogP contribution in [-0.2, 0) is 14.0 Å². The van der Waals surface area contributed by atoms with Gasteiger partial charge in [0.15, 0.2) is 0 Å². The minimum Gasteiger partial charge on any atom is -0.444 e. The summed E-state index contributed by atoms with van der Waals surface area (Å²) in [6, 6.07) is 20.9. The van der Waals surface area contributed by atoms with Crippen LogP contribution < -0.4 is 15.7 Å². The number of nitrogens with zero attached hydrogens (tertiary/aromatic N) is 1. The van der Waals surface area contributed by atoms with Gasteiger partial charge in [-0.05, 0) is 42.6 Å². The molecular formula is C29H40N2O4Si. The van der Waals surface area contributed by atoms with E-state index in [9.17, 15) is 9.59 Å². The van der Waals surface area contributed by atoms with Crippen molar-refractivity contribution in [3.05, 3.63) is 60.7 Å². The second-order valence-electron chi connectivity index (χ2n) is 12.1. The van der Waals surface area contributed by atoms with Gasteiger partial charge in [-0.15, -0.1) is 0 Å². The highest BCUT2D eigenvalue weighted by Crippen LogP contribution is 2.40. The van der Waals surface area contributed by atoms with Crippen molar-refractivity contribution in [3.63, 3.8) is 0 Å². The number of fused-ring (bicyclic) bond motifs is 1. The fraction of sp³-hybridized carbons (Fsp3) is 0.517. The number of ether oxygens (including phenoxy) is 1. The zero-order valence-electron chi connectivity index (χ0n) is 22.4. The summed E-state index contributed by atoms with van der Waals surface area (Å²) in [7, 11) is -2.80. The van der Waals surface area contributed by atoms with E-state index in [0.717, 1.165) is 6.42 Å². The molecule has 36 heavy (non-hydrogen) atoms. The SMILES string of the molecule is CC(C)(C)OC(=O)N1CC[C@@H]2C(O[Si](c3ccccc3)(c3ccccc3)C(C)(C)C)CC(=O)N[C@@H]2C1. The van der Waals surface area contributed by atoms with Crippen LogP contribution in [0.25, 0.3) is 0 Å². The first kappa shape index (κ1) is 26.4. The predicted octanol–water partition coefficient (Wildman–Crippen LogP) is 4.08. The number of nitrogens with one attached hydrogen (secondary N) is 1. The minimum atomic E-state index is -2.80. The first-order valence-corrected chi connectivity index (χ1v) is 14.9. The summed E-state index contributed by atoms with van der Waals surface area (Å²) in [4.78, 5) is 27.4. The van der Waals surface area contributed by atoms with Gasteiger partial charge in [-0.1, -0.05) is 81.4 Å². The lowest BCUT2D eigenvalue weighted by atomic mass is 9.82. The Morgan fingerprint density at radius 2 is 1.50 bits per heavy atom. The Morgan fingerprint density at radius 3 is 2.00 bits per heavy atom. The van der Waals surface area contributed by atoms with E-state index in [1.807, 2.05) is 32.9 Å². The molecule has 0 radical (unpaired) electrons. The molecular weight excluding hydrogens is 468 g/mol. The molecule has 2 aliphatic heterocycles. The maximum Gasteiger partial charge on any atom is 0.410 e. The van der Waals surface area contributed by atoms with E-state index < -0.39 is 13.9 Å². The van der Waals surface area contributed by atoms with Crippen LogP contribution in [0.1, 0.15) is 54.4 Å². The van der Waals surface area contributed by atoms with E-state index in [1.165, 1.54) is 10.4 Å². The molecule has 1 N–H and O–H groups in total. The van der Waals surface area contributed by atoms with Crippen LogP contribution in [0, 0.1) is 5.92 Å². The summed E-state index contributed by atoms with van der Waals surface area (Å²) in [6.45, 7) is 13.4. The van der Waals surface area contributed by atoms with Gasteiger partial charge in [-0.25, -0.2) is 4.79 Å². The molecule has 0 aliphatic carbocycles. The summed E-state index contributed by atoms with van der Waals surface area (Å²) in [5, 5.41) is 5.39. The fourth-order valence-corrected chi connectivity index (χ4v) is 10.4. The van der Waals surface area contributed by atoms with Crippen LogP contribution in [-0.4, -0.2) is 56.1 Å². The Kier molecular flexibility index (Phi) is 7.35. The molecule has 0 spiro atoms. The van der Waals surface area contributed by atoms with Gasteiger partial charge in [0.2, 0.25) is 5.91 Å². The molecule has 0 bridgehead atoms. The quantitative estimate of drug-likeness (QED) is 0.632. The molecule has 2 aromatic rings. The molecule has 2 amide bonds. The van der Waals surface area contributed by atoms with Gasteiger partial charge in [0.1, 0.15) is 5.60 Å². The Hall–Kier alpha value is -2.64. The van der Waals surface area contributed by atoms with Gasteiger partial charge in [0, 0.05) is 19.0 Å². The van der Waals surface area contributed by atoms with Crippen molar-refractivity contribution < 1.29 is 18.8 Å². The Balaban J connectivity index is 1.68. The molecule has 2 heterocycles. The third-order valence-corrected chi connectivity index (χ3v) is 12.3. The van der Waals surface area contributed by atoms with Crippen LogP contribution in [0.4, 0.5) is 4.79 Å². The standard InChI is InChI=1S/C29H40N2O4Si/c1-28(2,3)34-27(33)31-18-17-23-24(20-31)30-26(32)19-25(23)35-36(29(4,5)6,21-13-9-7-10-14-21)22-15-11-8-12-16-22/h7-16,23-25H,17-20H2,1-6H3,(H,30,32)/t23-,24+,25?/m0/s1. The average Bonchev–Trinajstić information content (AvgIpc) is 2.81. The van der Waals surface area contributed by atoms with E-state index >= 15 is 0 Å². The highest BCUT2D eigenvalue weighted by atomic mass is 28.4. The Labute approximate surface area is 216 Å². The molecule has 2 aliphatic rings. The molecule has 1 unspecified atom stereocenters. The molecule has 2 saturated heterocycles. The largest absolute Gasteiger partial charge is 0.444 e. The minimum absolute atomic E-state index is 0.0229. The van der Waals surface area contributed by atoms with Crippen molar-refractivity contribution in [1.29, 1.82) is 0 Å². The molecule has 2 fully saturated rings. The third kappa shape index (κ3) is 5.37. The van der Waals surface area contributed by atoms with Gasteiger partial charge < -0.3 is 19.4 Å². The second-order valence-corrected chi connectivity index (χ2v) is 16.3. The van der Waals surface area contributed by atoms with E-state index in [4.69, 9.17) is 9.16 Å². The number of amides is 2. The first-order valence-electron chi connectivity index (χ1n) is 13.0. The van der Waals surface area contributed by atoms with Crippen LogP contribution in [0.3, 0.4) is 0 Å². The van der Waals surface area contributed by atoms with Gasteiger partial charge in [0.05, 0.1) is 18.6 Å². The number of piperidine rings is 2. The maximum absolute atomic E-state index is 12.9. The topological polar surface area (TPSA) is 67.9 Å². The lowest BCUT2D eigenvalue weighted by Gasteiger charge is -2.50. The smallest absolute Gasteiger partial charge is 0.410 e. The van der Waals surface area contributed by atoms with E-state index in [2.05, 4.69) is 74.6 Å². The van der Waals surface area contributed by atoms with Gasteiger partial charge in [0.25, 0.3) is 8.32 Å². The zero-order valence-corrected chi connectivity index (χ0v) is 23.4. The summed E-state index contributed by atoms with van der Waals surface area (Å²) in [5.74, 6) is 0.105. The van der Waals surface area contributed by atoms with Gasteiger partial charge >= 0.3 is 6.09 Å². The van der Waals surface area contributed by atoms with Crippen molar-refractivity contribution in [1.82, 2.24) is 10.2 Å². The molecule has 194 valence electrons. The van der Waals surface area contributed by atoms with Gasteiger partial charge in [-0.2, -0.15) is 0 Å². The molecule has 7 heteroatoms. The van der Waals surface area contributed by atoms with Crippen molar-refractivity contribution in [2.24, 2.45) is 5.92 Å². The lowest BCUT2D eigenvalue weighted by Crippen LogP contribution is -2.70. The molecule has 2 aromatic carbocycles. The number of carbonyl (C=O) groups is 2. The molecule has 3 atom stereocenters. The third-order valence-electron chi connectivity index (χ3n) is 7.27. The van der Waals surface area contributed by atoms with Crippen molar-refractivity contribution in [2.45, 2.75) is 77.2 Å². The Bertz CT molecular complexity index is 1020. The number of hydrogen-bond donors (Lipinski definition) is 1. The highest BCUT2D eigenvalue weighted by Gasteiger charge is 2.54. The number of likely N-dealkylation sites (tertiary alicyclic amines) is 1. The summed E-state index contributed by atoms with van der Waals surface area (Å²) >= 11 is 0.